The van der Waals surface area contributed by atoms with Crippen LogP contribution in [0.2, 0.25) is 0 Å². The number of nitrogen functional groups attached to an aromatic ring is 1. The summed E-state index contributed by atoms with van der Waals surface area (Å²) in [4.78, 5) is 19.0. The molecule has 1 aromatic heterocycles. The first-order chi connectivity index (χ1) is 11.6. The van der Waals surface area contributed by atoms with Crippen LogP contribution in [0.5, 0.6) is 5.75 Å². The average Bonchev–Trinajstić information content (AvgIpc) is 2.60. The predicted octanol–water partition coefficient (Wildman–Crippen LogP) is 2.19. The second-order valence-corrected chi connectivity index (χ2v) is 5.81. The summed E-state index contributed by atoms with van der Waals surface area (Å²) in [7, 11) is 1.59. The van der Waals surface area contributed by atoms with Crippen LogP contribution in [-0.4, -0.2) is 42.6 Å². The van der Waals surface area contributed by atoms with Gasteiger partial charge in [-0.05, 0) is 37.3 Å². The number of rotatable bonds is 3. The van der Waals surface area contributed by atoms with E-state index in [2.05, 4.69) is 4.98 Å². The van der Waals surface area contributed by atoms with Gasteiger partial charge in [0.05, 0.1) is 26.0 Å². The van der Waals surface area contributed by atoms with Crippen molar-refractivity contribution in [3.8, 4) is 5.75 Å². The fourth-order valence-electron chi connectivity index (χ4n) is 2.84. The Morgan fingerprint density at radius 2 is 2.21 bits per heavy atom. The summed E-state index contributed by atoms with van der Waals surface area (Å²) < 4.78 is 11.0. The molecule has 1 aliphatic heterocycles. The van der Waals surface area contributed by atoms with Crippen molar-refractivity contribution in [1.29, 1.82) is 0 Å². The van der Waals surface area contributed by atoms with Crippen molar-refractivity contribution in [3.63, 3.8) is 0 Å². The van der Waals surface area contributed by atoms with E-state index in [-0.39, 0.29) is 12.0 Å². The van der Waals surface area contributed by atoms with Crippen molar-refractivity contribution in [1.82, 2.24) is 9.88 Å². The van der Waals surface area contributed by atoms with E-state index >= 15 is 0 Å². The Balaban J connectivity index is 1.78. The molecular formula is C18H21N3O3. The molecule has 1 aromatic carbocycles. The van der Waals surface area contributed by atoms with Gasteiger partial charge in [-0.3, -0.25) is 9.78 Å². The van der Waals surface area contributed by atoms with Crippen LogP contribution in [0.1, 0.15) is 27.8 Å². The molecule has 1 fully saturated rings. The molecule has 0 radical (unpaired) electrons. The molecule has 0 aliphatic carbocycles. The van der Waals surface area contributed by atoms with E-state index in [9.17, 15) is 4.79 Å². The molecular weight excluding hydrogens is 306 g/mol. The number of amides is 1. The summed E-state index contributed by atoms with van der Waals surface area (Å²) >= 11 is 0. The fourth-order valence-corrected chi connectivity index (χ4v) is 2.84. The van der Waals surface area contributed by atoms with E-state index < -0.39 is 0 Å². The summed E-state index contributed by atoms with van der Waals surface area (Å²) in [6.45, 7) is 3.36. The van der Waals surface area contributed by atoms with Gasteiger partial charge in [0.25, 0.3) is 5.91 Å². The number of benzene rings is 1. The molecule has 3 rings (SSSR count). The van der Waals surface area contributed by atoms with Crippen LogP contribution < -0.4 is 10.5 Å². The van der Waals surface area contributed by atoms with Crippen molar-refractivity contribution in [3.05, 3.63) is 53.3 Å². The number of nitrogens with two attached hydrogens (primary N) is 1. The van der Waals surface area contributed by atoms with Gasteiger partial charge in [-0.15, -0.1) is 0 Å². The van der Waals surface area contributed by atoms with Crippen molar-refractivity contribution in [2.45, 2.75) is 13.0 Å². The molecule has 0 spiro atoms. The predicted molar refractivity (Wildman–Crippen MR) is 91.0 cm³/mol. The monoisotopic (exact) mass is 327 g/mol. The van der Waals surface area contributed by atoms with Gasteiger partial charge < -0.3 is 20.1 Å². The standard InChI is InChI=1S/C18H21N3O3/c1-12-8-14(19)10-16(20-12)17-11-21(6-7-24-17)18(22)13-4-3-5-15(9-13)23-2/h3-5,8-10,17H,6-7,11H2,1-2H3,(H2,19,20)/t17-/m1/s1. The summed E-state index contributed by atoms with van der Waals surface area (Å²) in [5, 5.41) is 0. The quantitative estimate of drug-likeness (QED) is 0.935. The Kier molecular flexibility index (Phi) is 4.66. The highest BCUT2D eigenvalue weighted by molar-refractivity contribution is 5.94. The van der Waals surface area contributed by atoms with Crippen LogP contribution in [0, 0.1) is 6.92 Å². The highest BCUT2D eigenvalue weighted by atomic mass is 16.5. The number of carbonyl (C=O) groups is 1. The van der Waals surface area contributed by atoms with E-state index in [0.29, 0.717) is 36.7 Å². The lowest BCUT2D eigenvalue weighted by Gasteiger charge is -2.33. The van der Waals surface area contributed by atoms with Crippen molar-refractivity contribution >= 4 is 11.6 Å². The molecule has 1 amide bonds. The summed E-state index contributed by atoms with van der Waals surface area (Å²) in [5.41, 5.74) is 8.75. The number of hydrogen-bond donors (Lipinski definition) is 1. The Labute approximate surface area is 141 Å². The number of anilines is 1. The van der Waals surface area contributed by atoms with E-state index in [1.54, 1.807) is 30.2 Å². The second kappa shape index (κ2) is 6.88. The van der Waals surface area contributed by atoms with Gasteiger partial charge in [-0.1, -0.05) is 6.07 Å². The van der Waals surface area contributed by atoms with Crippen LogP contribution in [0.4, 0.5) is 5.69 Å². The maximum absolute atomic E-state index is 12.7. The molecule has 0 bridgehead atoms. The van der Waals surface area contributed by atoms with Gasteiger partial charge in [0.2, 0.25) is 0 Å². The zero-order valence-corrected chi connectivity index (χ0v) is 13.9. The number of ether oxygens (including phenoxy) is 2. The van der Waals surface area contributed by atoms with Crippen LogP contribution in [0.3, 0.4) is 0 Å². The Morgan fingerprint density at radius 3 is 2.96 bits per heavy atom. The highest BCUT2D eigenvalue weighted by Gasteiger charge is 2.27. The zero-order chi connectivity index (χ0) is 17.1. The molecule has 1 atom stereocenters. The first-order valence-electron chi connectivity index (χ1n) is 7.86. The molecule has 6 nitrogen and oxygen atoms in total. The highest BCUT2D eigenvalue weighted by Crippen LogP contribution is 2.24. The SMILES string of the molecule is COc1cccc(C(=O)N2CCO[C@@H](c3cc(N)cc(C)n3)C2)c1. The minimum Gasteiger partial charge on any atom is -0.497 e. The lowest BCUT2D eigenvalue weighted by Crippen LogP contribution is -2.42. The fraction of sp³-hybridized carbons (Fsp3) is 0.333. The lowest BCUT2D eigenvalue weighted by molar-refractivity contribution is -0.0247. The number of nitrogens with zero attached hydrogens (tertiary/aromatic N) is 2. The zero-order valence-electron chi connectivity index (χ0n) is 13.9. The lowest BCUT2D eigenvalue weighted by atomic mass is 10.1. The smallest absolute Gasteiger partial charge is 0.254 e. The topological polar surface area (TPSA) is 77.7 Å². The van der Waals surface area contributed by atoms with Crippen molar-refractivity contribution in [2.75, 3.05) is 32.5 Å². The van der Waals surface area contributed by atoms with Crippen LogP contribution >= 0.6 is 0 Å². The number of morpholine rings is 1. The van der Waals surface area contributed by atoms with Crippen LogP contribution in [0.15, 0.2) is 36.4 Å². The van der Waals surface area contributed by atoms with Gasteiger partial charge in [0, 0.05) is 23.5 Å². The van der Waals surface area contributed by atoms with Crippen LogP contribution in [0.25, 0.3) is 0 Å². The molecule has 0 saturated carbocycles. The molecule has 2 heterocycles. The van der Waals surface area contributed by atoms with Crippen molar-refractivity contribution < 1.29 is 14.3 Å². The van der Waals surface area contributed by atoms with Gasteiger partial charge >= 0.3 is 0 Å². The summed E-state index contributed by atoms with van der Waals surface area (Å²) in [6, 6.07) is 10.8. The number of aryl methyl sites for hydroxylation is 1. The van der Waals surface area contributed by atoms with Crippen LogP contribution in [-0.2, 0) is 4.74 Å². The molecule has 2 N–H and O–H groups in total. The Hall–Kier alpha value is -2.60. The van der Waals surface area contributed by atoms with Gasteiger partial charge in [-0.2, -0.15) is 0 Å². The average molecular weight is 327 g/mol. The second-order valence-electron chi connectivity index (χ2n) is 5.81. The maximum Gasteiger partial charge on any atom is 0.254 e. The molecule has 0 unspecified atom stereocenters. The number of carbonyl (C=O) groups excluding carboxylic acids is 1. The third-order valence-electron chi connectivity index (χ3n) is 4.00. The number of methoxy groups -OCH3 is 1. The molecule has 2 aromatic rings. The first-order valence-corrected chi connectivity index (χ1v) is 7.86. The molecule has 126 valence electrons. The van der Waals surface area contributed by atoms with E-state index in [1.165, 1.54) is 0 Å². The summed E-state index contributed by atoms with van der Waals surface area (Å²) in [5.74, 6) is 0.626. The number of hydrogen-bond acceptors (Lipinski definition) is 5. The molecule has 1 saturated heterocycles. The third-order valence-corrected chi connectivity index (χ3v) is 4.00. The summed E-state index contributed by atoms with van der Waals surface area (Å²) in [6.07, 6.45) is -0.268. The van der Waals surface area contributed by atoms with Gasteiger partial charge in [-0.25, -0.2) is 0 Å². The first kappa shape index (κ1) is 16.3. The van der Waals surface area contributed by atoms with E-state index in [0.717, 1.165) is 11.4 Å². The maximum atomic E-state index is 12.7. The van der Waals surface area contributed by atoms with E-state index in [1.807, 2.05) is 25.1 Å². The minimum atomic E-state index is -0.268. The Bertz CT molecular complexity index is 728. The van der Waals surface area contributed by atoms with Crippen molar-refractivity contribution in [2.24, 2.45) is 0 Å². The largest absolute Gasteiger partial charge is 0.497 e. The van der Waals surface area contributed by atoms with Gasteiger partial charge in [0.15, 0.2) is 0 Å². The Morgan fingerprint density at radius 1 is 1.38 bits per heavy atom. The molecule has 1 aliphatic rings. The third kappa shape index (κ3) is 3.49. The molecule has 24 heavy (non-hydrogen) atoms. The minimum absolute atomic E-state index is 0.0391. The van der Waals surface area contributed by atoms with E-state index in [4.69, 9.17) is 15.2 Å². The van der Waals surface area contributed by atoms with Gasteiger partial charge in [0.1, 0.15) is 11.9 Å². The molecule has 6 heteroatoms. The number of aromatic nitrogens is 1. The number of pyridine rings is 1. The normalized spacial score (nSPS) is 17.6.